The minimum Gasteiger partial charge on any atom is -0.493 e. The number of nitrogens with zero attached hydrogens (tertiary/aromatic N) is 1. The maximum atomic E-state index is 12.2. The van der Waals surface area contributed by atoms with E-state index < -0.39 is 5.97 Å². The van der Waals surface area contributed by atoms with E-state index in [-0.39, 0.29) is 17.9 Å². The summed E-state index contributed by atoms with van der Waals surface area (Å²) in [5.74, 6) is 0.236. The minimum absolute atomic E-state index is 0.0632. The van der Waals surface area contributed by atoms with Gasteiger partial charge in [0.2, 0.25) is 5.91 Å². The van der Waals surface area contributed by atoms with Gasteiger partial charge in [-0.3, -0.25) is 4.79 Å². The van der Waals surface area contributed by atoms with E-state index in [1.807, 2.05) is 24.3 Å². The molecule has 0 aliphatic carbocycles. The summed E-state index contributed by atoms with van der Waals surface area (Å²) in [6, 6.07) is 13.6. The molecule has 0 atom stereocenters. The van der Waals surface area contributed by atoms with Crippen LogP contribution in [0.5, 0.6) is 11.5 Å². The van der Waals surface area contributed by atoms with E-state index in [1.165, 1.54) is 12.1 Å². The summed E-state index contributed by atoms with van der Waals surface area (Å²) in [4.78, 5) is 24.6. The third-order valence-corrected chi connectivity index (χ3v) is 3.74. The van der Waals surface area contributed by atoms with Crippen LogP contribution in [0.1, 0.15) is 15.9 Å². The van der Waals surface area contributed by atoms with E-state index in [4.69, 9.17) is 14.6 Å². The fourth-order valence-corrected chi connectivity index (χ4v) is 2.23. The number of hydrogen-bond acceptors (Lipinski definition) is 4. The third-order valence-electron chi connectivity index (χ3n) is 3.74. The number of carbonyl (C=O) groups excluding carboxylic acids is 1. The second-order valence-corrected chi connectivity index (χ2v) is 5.49. The number of methoxy groups -OCH3 is 1. The number of carboxylic acid groups (broad SMARTS) is 1. The number of aromatic carboxylic acids is 1. The summed E-state index contributed by atoms with van der Waals surface area (Å²) >= 11 is 0. The second-order valence-electron chi connectivity index (χ2n) is 5.49. The van der Waals surface area contributed by atoms with Crippen molar-refractivity contribution in [1.29, 1.82) is 0 Å². The van der Waals surface area contributed by atoms with Gasteiger partial charge in [0.1, 0.15) is 6.61 Å². The highest BCUT2D eigenvalue weighted by Gasteiger charge is 2.11. The van der Waals surface area contributed by atoms with Crippen molar-refractivity contribution in [3.8, 4) is 11.5 Å². The quantitative estimate of drug-likeness (QED) is 0.797. The Labute approximate surface area is 146 Å². The number of hydrogen-bond donors (Lipinski definition) is 1. The van der Waals surface area contributed by atoms with Gasteiger partial charge in [0.05, 0.1) is 25.6 Å². The van der Waals surface area contributed by atoms with Crippen molar-refractivity contribution in [1.82, 2.24) is 4.90 Å². The molecule has 2 aromatic rings. The SMILES string of the molecule is COc1ccccc1OCCN(C)C(=O)Cc1ccc(C(=O)O)cc1. The van der Waals surface area contributed by atoms with Crippen LogP contribution in [-0.4, -0.2) is 49.2 Å². The standard InChI is InChI=1S/C19H21NO5/c1-20(11-12-25-17-6-4-3-5-16(17)24-2)18(21)13-14-7-9-15(10-8-14)19(22)23/h3-10H,11-13H2,1-2H3,(H,22,23). The number of likely N-dealkylation sites (N-methyl/N-ethyl adjacent to an activating group) is 1. The van der Waals surface area contributed by atoms with Crippen LogP contribution in [0.4, 0.5) is 0 Å². The van der Waals surface area contributed by atoms with Gasteiger partial charge in [-0.25, -0.2) is 4.79 Å². The molecular weight excluding hydrogens is 322 g/mol. The van der Waals surface area contributed by atoms with E-state index in [0.29, 0.717) is 24.7 Å². The number of ether oxygens (including phenoxy) is 2. The molecule has 0 spiro atoms. The van der Waals surface area contributed by atoms with E-state index in [9.17, 15) is 9.59 Å². The molecule has 0 unspecified atom stereocenters. The Kier molecular flexibility index (Phi) is 6.39. The maximum absolute atomic E-state index is 12.2. The van der Waals surface area contributed by atoms with Crippen LogP contribution in [-0.2, 0) is 11.2 Å². The van der Waals surface area contributed by atoms with Crippen molar-refractivity contribution in [3.63, 3.8) is 0 Å². The highest BCUT2D eigenvalue weighted by molar-refractivity contribution is 5.87. The fraction of sp³-hybridized carbons (Fsp3) is 0.263. The number of benzene rings is 2. The van der Waals surface area contributed by atoms with Gasteiger partial charge in [-0.1, -0.05) is 24.3 Å². The monoisotopic (exact) mass is 343 g/mol. The molecule has 6 heteroatoms. The molecule has 0 aromatic heterocycles. The van der Waals surface area contributed by atoms with Crippen molar-refractivity contribution >= 4 is 11.9 Å². The first kappa shape index (κ1) is 18.3. The first-order chi connectivity index (χ1) is 12.0. The molecule has 2 rings (SSSR count). The fourth-order valence-electron chi connectivity index (χ4n) is 2.23. The van der Waals surface area contributed by atoms with Gasteiger partial charge in [-0.05, 0) is 29.8 Å². The van der Waals surface area contributed by atoms with Crippen LogP contribution in [0, 0.1) is 0 Å². The lowest BCUT2D eigenvalue weighted by Gasteiger charge is -2.18. The van der Waals surface area contributed by atoms with Crippen molar-refractivity contribution in [3.05, 3.63) is 59.7 Å². The predicted molar refractivity (Wildman–Crippen MR) is 93.2 cm³/mol. The number of para-hydroxylation sites is 2. The van der Waals surface area contributed by atoms with Crippen molar-refractivity contribution in [2.75, 3.05) is 27.3 Å². The molecule has 0 fully saturated rings. The molecule has 0 saturated heterocycles. The molecule has 0 aliphatic heterocycles. The van der Waals surface area contributed by atoms with E-state index in [1.54, 1.807) is 31.2 Å². The molecule has 2 aromatic carbocycles. The zero-order valence-corrected chi connectivity index (χ0v) is 14.3. The third kappa shape index (κ3) is 5.24. The Bertz CT molecular complexity index is 727. The zero-order chi connectivity index (χ0) is 18.2. The van der Waals surface area contributed by atoms with E-state index in [2.05, 4.69) is 0 Å². The van der Waals surface area contributed by atoms with Gasteiger partial charge in [0.25, 0.3) is 0 Å². The smallest absolute Gasteiger partial charge is 0.335 e. The minimum atomic E-state index is -0.983. The van der Waals surface area contributed by atoms with Gasteiger partial charge < -0.3 is 19.5 Å². The van der Waals surface area contributed by atoms with Gasteiger partial charge in [-0.2, -0.15) is 0 Å². The summed E-state index contributed by atoms with van der Waals surface area (Å²) in [5.41, 5.74) is 0.974. The van der Waals surface area contributed by atoms with Crippen molar-refractivity contribution < 1.29 is 24.2 Å². The second kappa shape index (κ2) is 8.73. The predicted octanol–water partition coefficient (Wildman–Crippen LogP) is 2.47. The molecule has 1 amide bonds. The Hall–Kier alpha value is -3.02. The lowest BCUT2D eigenvalue weighted by atomic mass is 10.1. The number of carboxylic acids is 1. The maximum Gasteiger partial charge on any atom is 0.335 e. The highest BCUT2D eigenvalue weighted by atomic mass is 16.5. The van der Waals surface area contributed by atoms with Gasteiger partial charge >= 0.3 is 5.97 Å². The average Bonchev–Trinajstić information content (AvgIpc) is 2.62. The highest BCUT2D eigenvalue weighted by Crippen LogP contribution is 2.25. The molecule has 0 aliphatic rings. The number of carbonyl (C=O) groups is 2. The number of rotatable bonds is 8. The van der Waals surface area contributed by atoms with Gasteiger partial charge in [0, 0.05) is 7.05 Å². The zero-order valence-electron chi connectivity index (χ0n) is 14.3. The molecule has 0 saturated carbocycles. The molecule has 25 heavy (non-hydrogen) atoms. The molecular formula is C19H21NO5. The van der Waals surface area contributed by atoms with Crippen molar-refractivity contribution in [2.24, 2.45) is 0 Å². The van der Waals surface area contributed by atoms with Crippen LogP contribution in [0.25, 0.3) is 0 Å². The Morgan fingerprint density at radius 3 is 2.28 bits per heavy atom. The molecule has 0 bridgehead atoms. The normalized spacial score (nSPS) is 10.2. The van der Waals surface area contributed by atoms with Crippen molar-refractivity contribution in [2.45, 2.75) is 6.42 Å². The Morgan fingerprint density at radius 2 is 1.68 bits per heavy atom. The van der Waals surface area contributed by atoms with Crippen LogP contribution >= 0.6 is 0 Å². The molecule has 6 nitrogen and oxygen atoms in total. The summed E-state index contributed by atoms with van der Waals surface area (Å²) in [5, 5.41) is 8.88. The van der Waals surface area contributed by atoms with Gasteiger partial charge in [0.15, 0.2) is 11.5 Å². The van der Waals surface area contributed by atoms with Gasteiger partial charge in [-0.15, -0.1) is 0 Å². The van der Waals surface area contributed by atoms with Crippen LogP contribution in [0.2, 0.25) is 0 Å². The van der Waals surface area contributed by atoms with E-state index in [0.717, 1.165) is 5.56 Å². The first-order valence-corrected chi connectivity index (χ1v) is 7.83. The average molecular weight is 343 g/mol. The lowest BCUT2D eigenvalue weighted by Crippen LogP contribution is -2.32. The first-order valence-electron chi connectivity index (χ1n) is 7.83. The summed E-state index contributed by atoms with van der Waals surface area (Å²) in [6.45, 7) is 0.782. The summed E-state index contributed by atoms with van der Waals surface area (Å²) < 4.78 is 10.9. The largest absolute Gasteiger partial charge is 0.493 e. The Balaban J connectivity index is 1.82. The molecule has 0 radical (unpaired) electrons. The van der Waals surface area contributed by atoms with Crippen LogP contribution in [0.3, 0.4) is 0 Å². The lowest BCUT2D eigenvalue weighted by molar-refractivity contribution is -0.129. The summed E-state index contributed by atoms with van der Waals surface area (Å²) in [7, 11) is 3.28. The molecule has 1 N–H and O–H groups in total. The topological polar surface area (TPSA) is 76.1 Å². The van der Waals surface area contributed by atoms with Crippen LogP contribution < -0.4 is 9.47 Å². The van der Waals surface area contributed by atoms with E-state index >= 15 is 0 Å². The van der Waals surface area contributed by atoms with Crippen LogP contribution in [0.15, 0.2) is 48.5 Å². The number of amides is 1. The Morgan fingerprint density at radius 1 is 1.04 bits per heavy atom. The molecule has 132 valence electrons. The summed E-state index contributed by atoms with van der Waals surface area (Å²) in [6.07, 6.45) is 0.213. The molecule has 0 heterocycles.